The number of fused-ring (bicyclic) bond motifs is 1. The molecule has 3 aromatic rings. The summed E-state index contributed by atoms with van der Waals surface area (Å²) in [6.45, 7) is 0.777. The topological polar surface area (TPSA) is 66.6 Å². The highest BCUT2D eigenvalue weighted by molar-refractivity contribution is 6.35. The molecule has 0 bridgehead atoms. The van der Waals surface area contributed by atoms with Crippen LogP contribution in [0.25, 0.3) is 22.4 Å². The summed E-state index contributed by atoms with van der Waals surface area (Å²) < 4.78 is 5.46. The Labute approximate surface area is 156 Å². The predicted molar refractivity (Wildman–Crippen MR) is 100 cm³/mol. The average Bonchev–Trinajstić information content (AvgIpc) is 3.33. The summed E-state index contributed by atoms with van der Waals surface area (Å²) in [6.07, 6.45) is 4.04. The Hall–Kier alpha value is -2.37. The quantitative estimate of drug-likeness (QED) is 0.749. The SMILES string of the molecule is O=C(c1cc(-c2ccco2)nc2c(Cl)cccc12)N1CCC[C@@H]1CCO. The highest BCUT2D eigenvalue weighted by Crippen LogP contribution is 2.31. The van der Waals surface area contributed by atoms with E-state index in [-0.39, 0.29) is 18.6 Å². The largest absolute Gasteiger partial charge is 0.463 e. The van der Waals surface area contributed by atoms with E-state index in [0.717, 1.165) is 18.2 Å². The second-order valence-corrected chi connectivity index (χ2v) is 6.88. The molecule has 1 amide bonds. The van der Waals surface area contributed by atoms with Gasteiger partial charge in [-0.3, -0.25) is 4.79 Å². The lowest BCUT2D eigenvalue weighted by Crippen LogP contribution is -2.36. The van der Waals surface area contributed by atoms with Gasteiger partial charge in [0.25, 0.3) is 5.91 Å². The van der Waals surface area contributed by atoms with Crippen LogP contribution in [0.15, 0.2) is 47.1 Å². The molecule has 0 unspecified atom stereocenters. The van der Waals surface area contributed by atoms with E-state index in [1.807, 2.05) is 23.1 Å². The molecule has 0 spiro atoms. The Balaban J connectivity index is 1.85. The fraction of sp³-hybridized carbons (Fsp3) is 0.300. The highest BCUT2D eigenvalue weighted by atomic mass is 35.5. The summed E-state index contributed by atoms with van der Waals surface area (Å²) in [5.74, 6) is 0.539. The molecular formula is C20H19ClN2O3. The molecule has 5 nitrogen and oxygen atoms in total. The van der Waals surface area contributed by atoms with Crippen molar-refractivity contribution in [2.24, 2.45) is 0 Å². The van der Waals surface area contributed by atoms with Gasteiger partial charge < -0.3 is 14.4 Å². The number of carbonyl (C=O) groups is 1. The number of rotatable bonds is 4. The smallest absolute Gasteiger partial charge is 0.254 e. The molecule has 1 aromatic carbocycles. The molecule has 134 valence electrons. The van der Waals surface area contributed by atoms with Crippen LogP contribution in [0.1, 0.15) is 29.6 Å². The predicted octanol–water partition coefficient (Wildman–Crippen LogP) is 4.14. The number of hydrogen-bond acceptors (Lipinski definition) is 4. The lowest BCUT2D eigenvalue weighted by Gasteiger charge is -2.25. The number of amides is 1. The van der Waals surface area contributed by atoms with Gasteiger partial charge in [-0.1, -0.05) is 23.7 Å². The van der Waals surface area contributed by atoms with Gasteiger partial charge in [-0.25, -0.2) is 4.98 Å². The van der Waals surface area contributed by atoms with Crippen LogP contribution in [0.2, 0.25) is 5.02 Å². The summed E-state index contributed by atoms with van der Waals surface area (Å²) in [6, 6.07) is 10.9. The molecule has 26 heavy (non-hydrogen) atoms. The van der Waals surface area contributed by atoms with Gasteiger partial charge in [0.1, 0.15) is 5.69 Å². The lowest BCUT2D eigenvalue weighted by molar-refractivity contribution is 0.0718. The van der Waals surface area contributed by atoms with Gasteiger partial charge in [0.05, 0.1) is 22.4 Å². The molecule has 1 aliphatic rings. The van der Waals surface area contributed by atoms with Crippen LogP contribution in [-0.4, -0.2) is 40.1 Å². The van der Waals surface area contributed by atoms with Crippen molar-refractivity contribution in [1.82, 2.24) is 9.88 Å². The standard InChI is InChI=1S/C20H19ClN2O3/c21-16-6-1-5-14-15(20(25)23-9-2-4-13(23)8-10-24)12-17(22-19(14)16)18-7-3-11-26-18/h1,3,5-7,11-13,24H,2,4,8-10H2/t13-/m1/s1. The third-order valence-corrected chi connectivity index (χ3v) is 5.20. The van der Waals surface area contributed by atoms with E-state index in [0.29, 0.717) is 40.5 Å². The number of para-hydroxylation sites is 1. The van der Waals surface area contributed by atoms with Gasteiger partial charge in [0.15, 0.2) is 5.76 Å². The number of aliphatic hydroxyl groups is 1. The van der Waals surface area contributed by atoms with E-state index in [2.05, 4.69) is 4.98 Å². The molecule has 0 aliphatic carbocycles. The van der Waals surface area contributed by atoms with E-state index in [4.69, 9.17) is 16.0 Å². The Kier molecular flexibility index (Phi) is 4.66. The van der Waals surface area contributed by atoms with Crippen LogP contribution < -0.4 is 0 Å². The molecule has 4 rings (SSSR count). The van der Waals surface area contributed by atoms with Gasteiger partial charge in [-0.05, 0) is 43.5 Å². The van der Waals surface area contributed by atoms with Crippen LogP contribution in [0.3, 0.4) is 0 Å². The van der Waals surface area contributed by atoms with Crippen molar-refractivity contribution in [3.8, 4) is 11.5 Å². The molecule has 0 radical (unpaired) electrons. The van der Waals surface area contributed by atoms with E-state index in [9.17, 15) is 9.90 Å². The van der Waals surface area contributed by atoms with Gasteiger partial charge in [-0.2, -0.15) is 0 Å². The van der Waals surface area contributed by atoms with Crippen molar-refractivity contribution < 1.29 is 14.3 Å². The van der Waals surface area contributed by atoms with Crippen molar-refractivity contribution in [1.29, 1.82) is 0 Å². The Morgan fingerprint density at radius 1 is 1.35 bits per heavy atom. The number of benzene rings is 1. The number of furan rings is 1. The summed E-state index contributed by atoms with van der Waals surface area (Å²) in [5, 5.41) is 10.5. The Morgan fingerprint density at radius 2 is 2.23 bits per heavy atom. The molecule has 1 atom stereocenters. The Morgan fingerprint density at radius 3 is 3.00 bits per heavy atom. The van der Waals surface area contributed by atoms with Crippen molar-refractivity contribution >= 4 is 28.4 Å². The molecule has 3 heterocycles. The van der Waals surface area contributed by atoms with E-state index in [1.54, 1.807) is 24.5 Å². The number of hydrogen-bond donors (Lipinski definition) is 1. The van der Waals surface area contributed by atoms with Crippen LogP contribution >= 0.6 is 11.6 Å². The monoisotopic (exact) mass is 370 g/mol. The van der Waals surface area contributed by atoms with Crippen LogP contribution in [0.4, 0.5) is 0 Å². The summed E-state index contributed by atoms with van der Waals surface area (Å²) in [4.78, 5) is 19.8. The third kappa shape index (κ3) is 2.97. The maximum atomic E-state index is 13.3. The molecule has 1 N–H and O–H groups in total. The van der Waals surface area contributed by atoms with Gasteiger partial charge in [0.2, 0.25) is 0 Å². The maximum absolute atomic E-state index is 13.3. The number of carbonyl (C=O) groups excluding carboxylic acids is 1. The van der Waals surface area contributed by atoms with Gasteiger partial charge in [-0.15, -0.1) is 0 Å². The minimum Gasteiger partial charge on any atom is -0.463 e. The van der Waals surface area contributed by atoms with Gasteiger partial charge in [0, 0.05) is 24.6 Å². The zero-order valence-corrected chi connectivity index (χ0v) is 14.9. The summed E-state index contributed by atoms with van der Waals surface area (Å²) in [7, 11) is 0. The zero-order chi connectivity index (χ0) is 18.1. The second kappa shape index (κ2) is 7.09. The van der Waals surface area contributed by atoms with E-state index >= 15 is 0 Å². The number of halogens is 1. The van der Waals surface area contributed by atoms with E-state index in [1.165, 1.54) is 0 Å². The highest BCUT2D eigenvalue weighted by Gasteiger charge is 2.30. The molecule has 1 aliphatic heterocycles. The number of nitrogens with zero attached hydrogens (tertiary/aromatic N) is 2. The molecule has 2 aromatic heterocycles. The van der Waals surface area contributed by atoms with Crippen molar-refractivity contribution in [3.63, 3.8) is 0 Å². The summed E-state index contributed by atoms with van der Waals surface area (Å²) >= 11 is 6.35. The first-order chi connectivity index (χ1) is 12.7. The molecule has 0 saturated carbocycles. The number of aromatic nitrogens is 1. The van der Waals surface area contributed by atoms with Crippen molar-refractivity contribution in [2.75, 3.05) is 13.2 Å². The lowest BCUT2D eigenvalue weighted by atomic mass is 10.0. The summed E-state index contributed by atoms with van der Waals surface area (Å²) in [5.41, 5.74) is 1.73. The number of pyridine rings is 1. The number of likely N-dealkylation sites (tertiary alicyclic amines) is 1. The van der Waals surface area contributed by atoms with Crippen LogP contribution in [-0.2, 0) is 0 Å². The van der Waals surface area contributed by atoms with Crippen LogP contribution in [0.5, 0.6) is 0 Å². The minimum absolute atomic E-state index is 0.0524. The van der Waals surface area contributed by atoms with Gasteiger partial charge >= 0.3 is 0 Å². The first-order valence-corrected chi connectivity index (χ1v) is 9.12. The molecule has 1 saturated heterocycles. The van der Waals surface area contributed by atoms with Crippen molar-refractivity contribution in [2.45, 2.75) is 25.3 Å². The molecular weight excluding hydrogens is 352 g/mol. The molecule has 6 heteroatoms. The number of aliphatic hydroxyl groups excluding tert-OH is 1. The zero-order valence-electron chi connectivity index (χ0n) is 14.2. The van der Waals surface area contributed by atoms with Crippen LogP contribution in [0, 0.1) is 0 Å². The third-order valence-electron chi connectivity index (χ3n) is 4.89. The first kappa shape index (κ1) is 17.1. The fourth-order valence-corrected chi connectivity index (χ4v) is 3.86. The van der Waals surface area contributed by atoms with Crippen molar-refractivity contribution in [3.05, 3.63) is 53.2 Å². The maximum Gasteiger partial charge on any atom is 0.254 e. The normalized spacial score (nSPS) is 17.2. The Bertz CT molecular complexity index is 940. The molecule has 1 fully saturated rings. The minimum atomic E-state index is -0.0524. The van der Waals surface area contributed by atoms with E-state index < -0.39 is 0 Å². The second-order valence-electron chi connectivity index (χ2n) is 6.48. The average molecular weight is 371 g/mol. The fourth-order valence-electron chi connectivity index (χ4n) is 3.65. The first-order valence-electron chi connectivity index (χ1n) is 8.74.